The van der Waals surface area contributed by atoms with Gasteiger partial charge in [-0.15, -0.1) is 0 Å². The second-order valence-corrected chi connectivity index (χ2v) is 11.1. The van der Waals surface area contributed by atoms with Crippen LogP contribution >= 0.6 is 0 Å². The number of nitrogens with zero attached hydrogens (tertiary/aromatic N) is 5. The first-order chi connectivity index (χ1) is 18.0. The van der Waals surface area contributed by atoms with E-state index in [4.69, 9.17) is 10.5 Å². The number of amides is 2. The van der Waals surface area contributed by atoms with E-state index in [0.717, 1.165) is 25.9 Å². The van der Waals surface area contributed by atoms with E-state index in [1.165, 1.54) is 10.9 Å². The Morgan fingerprint density at radius 1 is 1.21 bits per heavy atom. The number of carbonyl (C=O) groups is 2. The Balaban J connectivity index is 1.43. The number of hydrogen-bond acceptors (Lipinski definition) is 9. The molecule has 0 aromatic carbocycles. The average molecular weight is 528 g/mol. The molecular weight excluding hydrogens is 490 g/mol. The van der Waals surface area contributed by atoms with Crippen LogP contribution in [0.15, 0.2) is 6.33 Å². The molecule has 1 unspecified atom stereocenters. The normalized spacial score (nSPS) is 24.3. The van der Waals surface area contributed by atoms with E-state index in [-0.39, 0.29) is 28.6 Å². The third kappa shape index (κ3) is 6.06. The number of ether oxygens (including phenoxy) is 1. The van der Waals surface area contributed by atoms with Crippen LogP contribution in [0.4, 0.5) is 5.82 Å². The van der Waals surface area contributed by atoms with Gasteiger partial charge in [-0.25, -0.2) is 15.0 Å². The van der Waals surface area contributed by atoms with Gasteiger partial charge in [0.15, 0.2) is 23.8 Å². The predicted molar refractivity (Wildman–Crippen MR) is 139 cm³/mol. The molecule has 2 fully saturated rings. The van der Waals surface area contributed by atoms with Crippen molar-refractivity contribution in [3.05, 3.63) is 12.2 Å². The van der Waals surface area contributed by atoms with Gasteiger partial charge in [-0.05, 0) is 37.0 Å². The summed E-state index contributed by atoms with van der Waals surface area (Å²) in [4.78, 5) is 39.6. The number of imidazole rings is 1. The van der Waals surface area contributed by atoms with Gasteiger partial charge in [0.1, 0.15) is 17.7 Å². The lowest BCUT2D eigenvalue weighted by atomic mass is 9.89. The maximum atomic E-state index is 12.5. The number of anilines is 1. The summed E-state index contributed by atoms with van der Waals surface area (Å²) in [5.41, 5.74) is 6.65. The lowest BCUT2D eigenvalue weighted by molar-refractivity contribution is -0.137. The summed E-state index contributed by atoms with van der Waals surface area (Å²) in [5.74, 6) is 6.50. The van der Waals surface area contributed by atoms with Crippen molar-refractivity contribution in [2.24, 2.45) is 11.3 Å². The molecule has 38 heavy (non-hydrogen) atoms. The Morgan fingerprint density at radius 3 is 2.58 bits per heavy atom. The SMILES string of the molecule is CCNC(=O)[C@H]1O[C@@H](n2cnc3c(N)nc(C#CCC4CCN(C(=O)CC(C)(C)C)CC4)nc32)C(O)[C@H]1O. The number of fused-ring (bicyclic) bond motifs is 1. The molecule has 0 aliphatic carbocycles. The molecule has 5 N–H and O–H groups in total. The van der Waals surface area contributed by atoms with Gasteiger partial charge < -0.3 is 30.9 Å². The van der Waals surface area contributed by atoms with E-state index in [0.29, 0.717) is 30.8 Å². The number of aliphatic hydroxyl groups excluding tert-OH is 2. The maximum Gasteiger partial charge on any atom is 0.252 e. The topological polar surface area (TPSA) is 169 Å². The third-order valence-corrected chi connectivity index (χ3v) is 6.81. The van der Waals surface area contributed by atoms with Crippen molar-refractivity contribution in [3.8, 4) is 11.8 Å². The van der Waals surface area contributed by atoms with Crippen molar-refractivity contribution in [2.75, 3.05) is 25.4 Å². The Morgan fingerprint density at radius 2 is 1.92 bits per heavy atom. The molecule has 2 aliphatic heterocycles. The summed E-state index contributed by atoms with van der Waals surface area (Å²) < 4.78 is 7.12. The second-order valence-electron chi connectivity index (χ2n) is 11.1. The number of nitrogen functional groups attached to an aromatic ring is 1. The van der Waals surface area contributed by atoms with Gasteiger partial charge in [0.05, 0.1) is 6.33 Å². The Labute approximate surface area is 222 Å². The summed E-state index contributed by atoms with van der Waals surface area (Å²) in [6, 6.07) is 0. The van der Waals surface area contributed by atoms with Crippen molar-refractivity contribution < 1.29 is 24.5 Å². The average Bonchev–Trinajstić information content (AvgIpc) is 3.40. The Hall–Kier alpha value is -3.27. The molecule has 12 nitrogen and oxygen atoms in total. The number of hydrogen-bond donors (Lipinski definition) is 4. The number of likely N-dealkylation sites (tertiary alicyclic amines) is 1. The molecule has 206 valence electrons. The highest BCUT2D eigenvalue weighted by Crippen LogP contribution is 2.32. The highest BCUT2D eigenvalue weighted by atomic mass is 16.6. The van der Waals surface area contributed by atoms with Crippen LogP contribution in [0.1, 0.15) is 65.4 Å². The molecule has 0 bridgehead atoms. The molecule has 2 aromatic heterocycles. The van der Waals surface area contributed by atoms with Crippen molar-refractivity contribution in [1.82, 2.24) is 29.7 Å². The van der Waals surface area contributed by atoms with Crippen molar-refractivity contribution in [3.63, 3.8) is 0 Å². The van der Waals surface area contributed by atoms with E-state index in [2.05, 4.69) is 52.9 Å². The largest absolute Gasteiger partial charge is 0.387 e. The van der Waals surface area contributed by atoms with Gasteiger partial charge in [-0.2, -0.15) is 0 Å². The summed E-state index contributed by atoms with van der Waals surface area (Å²) in [5, 5.41) is 23.5. The predicted octanol–water partition coefficient (Wildman–Crippen LogP) is 0.580. The number of piperidine rings is 1. The van der Waals surface area contributed by atoms with E-state index in [9.17, 15) is 19.8 Å². The molecule has 4 rings (SSSR count). The molecule has 4 heterocycles. The highest BCUT2D eigenvalue weighted by molar-refractivity contribution is 5.83. The number of nitrogens with one attached hydrogen (secondary N) is 1. The lowest BCUT2D eigenvalue weighted by Crippen LogP contribution is -2.42. The smallest absolute Gasteiger partial charge is 0.252 e. The number of aromatic nitrogens is 4. The zero-order valence-electron chi connectivity index (χ0n) is 22.3. The van der Waals surface area contributed by atoms with Crippen LogP contribution in [0, 0.1) is 23.2 Å². The van der Waals surface area contributed by atoms with E-state index in [1.54, 1.807) is 6.92 Å². The van der Waals surface area contributed by atoms with E-state index >= 15 is 0 Å². The minimum Gasteiger partial charge on any atom is -0.387 e. The van der Waals surface area contributed by atoms with Crippen LogP contribution in [0.3, 0.4) is 0 Å². The fraction of sp³-hybridized carbons (Fsp3) is 0.654. The fourth-order valence-corrected chi connectivity index (χ4v) is 4.79. The molecule has 12 heteroatoms. The summed E-state index contributed by atoms with van der Waals surface area (Å²) in [6.07, 6.45) is -0.773. The summed E-state index contributed by atoms with van der Waals surface area (Å²) in [7, 11) is 0. The minimum absolute atomic E-state index is 0.0229. The standard InChI is InChI=1S/C26H37N7O5/c1-5-28-24(37)21-19(35)20(36)25(38-21)33-14-29-18-22(27)30-16(31-23(18)33)8-6-7-15-9-11-32(12-10-15)17(34)13-26(2,3)4/h14-15,19-21,25,35-36H,5,7,9-13H2,1-4H3,(H,28,37)(H2,27,30,31)/t19-,20?,21+,25-/m1/s1. The molecule has 0 radical (unpaired) electrons. The molecule has 0 spiro atoms. The number of nitrogens with two attached hydrogens (primary N) is 1. The summed E-state index contributed by atoms with van der Waals surface area (Å²) >= 11 is 0. The van der Waals surface area contributed by atoms with Crippen molar-refractivity contribution >= 4 is 28.8 Å². The van der Waals surface area contributed by atoms with Gasteiger partial charge in [0.25, 0.3) is 5.91 Å². The molecular formula is C26H37N7O5. The van der Waals surface area contributed by atoms with E-state index < -0.39 is 30.4 Å². The van der Waals surface area contributed by atoms with Gasteiger partial charge in [0, 0.05) is 32.5 Å². The zero-order chi connectivity index (χ0) is 27.6. The molecule has 2 aromatic rings. The number of likely N-dealkylation sites (N-methyl/N-ethyl adjacent to an activating group) is 1. The van der Waals surface area contributed by atoms with Gasteiger partial charge in [-0.1, -0.05) is 26.7 Å². The number of carbonyl (C=O) groups excluding carboxylic acids is 2. The Kier molecular flexibility index (Phi) is 8.20. The molecule has 0 saturated carbocycles. The van der Waals surface area contributed by atoms with Crippen LogP contribution in [-0.2, 0) is 14.3 Å². The monoisotopic (exact) mass is 527 g/mol. The van der Waals surface area contributed by atoms with Gasteiger partial charge in [-0.3, -0.25) is 14.2 Å². The number of rotatable bonds is 5. The lowest BCUT2D eigenvalue weighted by Gasteiger charge is -2.33. The third-order valence-electron chi connectivity index (χ3n) is 6.81. The van der Waals surface area contributed by atoms with E-state index in [1.807, 2.05) is 4.90 Å². The Bertz CT molecular complexity index is 1240. The fourth-order valence-electron chi connectivity index (χ4n) is 4.79. The molecule has 2 aliphatic rings. The quantitative estimate of drug-likeness (QED) is 0.406. The van der Waals surface area contributed by atoms with Crippen molar-refractivity contribution in [2.45, 2.75) is 77.9 Å². The summed E-state index contributed by atoms with van der Waals surface area (Å²) in [6.45, 7) is 9.80. The van der Waals surface area contributed by atoms with Crippen molar-refractivity contribution in [1.29, 1.82) is 0 Å². The zero-order valence-corrected chi connectivity index (χ0v) is 22.3. The minimum atomic E-state index is -1.42. The number of aliphatic hydroxyl groups is 2. The van der Waals surface area contributed by atoms with Crippen LogP contribution in [0.2, 0.25) is 0 Å². The van der Waals surface area contributed by atoms with Crippen LogP contribution in [-0.4, -0.2) is 84.4 Å². The first-order valence-electron chi connectivity index (χ1n) is 13.0. The first kappa shape index (κ1) is 27.8. The van der Waals surface area contributed by atoms with Crippen LogP contribution in [0.25, 0.3) is 11.2 Å². The van der Waals surface area contributed by atoms with Crippen LogP contribution in [0.5, 0.6) is 0 Å². The van der Waals surface area contributed by atoms with Gasteiger partial charge >= 0.3 is 0 Å². The first-order valence-corrected chi connectivity index (χ1v) is 13.0. The second kappa shape index (κ2) is 11.2. The van der Waals surface area contributed by atoms with Gasteiger partial charge in [0.2, 0.25) is 11.7 Å². The molecule has 2 saturated heterocycles. The molecule has 2 amide bonds. The maximum absolute atomic E-state index is 12.5. The van der Waals surface area contributed by atoms with Crippen LogP contribution < -0.4 is 11.1 Å². The highest BCUT2D eigenvalue weighted by Gasteiger charge is 2.47. The molecule has 4 atom stereocenters.